The Kier molecular flexibility index (Phi) is 5.43. The standard InChI is InChI=1S/C13H15BrFNO/c1-9(2)10(6-14)8-17-13-5-3-4-12(15)11(13)7-16/h3-5,9-10H,6,8H2,1-2H3. The van der Waals surface area contributed by atoms with Gasteiger partial charge in [0.05, 0.1) is 6.61 Å². The molecule has 0 aliphatic heterocycles. The van der Waals surface area contributed by atoms with Crippen molar-refractivity contribution in [3.8, 4) is 11.8 Å². The predicted molar refractivity (Wildman–Crippen MR) is 68.7 cm³/mol. The monoisotopic (exact) mass is 299 g/mol. The molecule has 0 aliphatic carbocycles. The van der Waals surface area contributed by atoms with Crippen LogP contribution in [0.2, 0.25) is 0 Å². The lowest BCUT2D eigenvalue weighted by atomic mass is 9.99. The third kappa shape index (κ3) is 3.71. The smallest absolute Gasteiger partial charge is 0.144 e. The number of hydrogen-bond acceptors (Lipinski definition) is 2. The quantitative estimate of drug-likeness (QED) is 0.776. The molecule has 0 bridgehead atoms. The zero-order chi connectivity index (χ0) is 12.8. The van der Waals surface area contributed by atoms with Crippen LogP contribution in [0.5, 0.6) is 5.75 Å². The predicted octanol–water partition coefficient (Wildman–Crippen LogP) is 3.74. The Morgan fingerprint density at radius 3 is 2.71 bits per heavy atom. The van der Waals surface area contributed by atoms with Crippen LogP contribution in [0.25, 0.3) is 0 Å². The minimum atomic E-state index is -0.537. The van der Waals surface area contributed by atoms with Gasteiger partial charge in [-0.1, -0.05) is 35.8 Å². The summed E-state index contributed by atoms with van der Waals surface area (Å²) in [6.07, 6.45) is 0. The van der Waals surface area contributed by atoms with Crippen molar-refractivity contribution >= 4 is 15.9 Å². The van der Waals surface area contributed by atoms with Gasteiger partial charge in [0.2, 0.25) is 0 Å². The number of alkyl halides is 1. The van der Waals surface area contributed by atoms with Gasteiger partial charge in [-0.25, -0.2) is 4.39 Å². The van der Waals surface area contributed by atoms with Crippen molar-refractivity contribution in [2.45, 2.75) is 13.8 Å². The highest BCUT2D eigenvalue weighted by molar-refractivity contribution is 9.09. The molecule has 0 N–H and O–H groups in total. The molecule has 0 amide bonds. The topological polar surface area (TPSA) is 33.0 Å². The van der Waals surface area contributed by atoms with Crippen molar-refractivity contribution < 1.29 is 9.13 Å². The molecule has 4 heteroatoms. The second-order valence-electron chi connectivity index (χ2n) is 4.19. The van der Waals surface area contributed by atoms with Crippen LogP contribution in [0, 0.1) is 29.0 Å². The van der Waals surface area contributed by atoms with Crippen molar-refractivity contribution in [1.29, 1.82) is 5.26 Å². The Bertz CT molecular complexity index is 414. The van der Waals surface area contributed by atoms with Crippen LogP contribution < -0.4 is 4.74 Å². The summed E-state index contributed by atoms with van der Waals surface area (Å²) in [7, 11) is 0. The molecular weight excluding hydrogens is 285 g/mol. The van der Waals surface area contributed by atoms with Crippen LogP contribution >= 0.6 is 15.9 Å². The lowest BCUT2D eigenvalue weighted by molar-refractivity contribution is 0.226. The Labute approximate surface area is 110 Å². The van der Waals surface area contributed by atoms with E-state index in [1.54, 1.807) is 12.1 Å². The van der Waals surface area contributed by atoms with E-state index in [-0.39, 0.29) is 5.56 Å². The van der Waals surface area contributed by atoms with Gasteiger partial charge in [-0.2, -0.15) is 5.26 Å². The number of benzene rings is 1. The highest BCUT2D eigenvalue weighted by Crippen LogP contribution is 2.22. The summed E-state index contributed by atoms with van der Waals surface area (Å²) in [6.45, 7) is 4.68. The van der Waals surface area contributed by atoms with Crippen molar-refractivity contribution in [3.63, 3.8) is 0 Å². The third-order valence-corrected chi connectivity index (χ3v) is 3.51. The second kappa shape index (κ2) is 6.61. The Balaban J connectivity index is 2.76. The lowest BCUT2D eigenvalue weighted by Crippen LogP contribution is -2.19. The van der Waals surface area contributed by atoms with Crippen molar-refractivity contribution in [3.05, 3.63) is 29.6 Å². The maximum Gasteiger partial charge on any atom is 0.144 e. The van der Waals surface area contributed by atoms with Crippen molar-refractivity contribution in [2.24, 2.45) is 11.8 Å². The largest absolute Gasteiger partial charge is 0.492 e. The van der Waals surface area contributed by atoms with Crippen LogP contribution in [0.4, 0.5) is 4.39 Å². The number of nitriles is 1. The molecule has 0 spiro atoms. The summed E-state index contributed by atoms with van der Waals surface area (Å²) in [5, 5.41) is 9.67. The van der Waals surface area contributed by atoms with Gasteiger partial charge in [0.15, 0.2) is 0 Å². The van der Waals surface area contributed by atoms with Crippen LogP contribution in [-0.2, 0) is 0 Å². The Morgan fingerprint density at radius 2 is 2.18 bits per heavy atom. The van der Waals surface area contributed by atoms with Gasteiger partial charge in [-0.15, -0.1) is 0 Å². The molecule has 0 fully saturated rings. The molecule has 1 aromatic rings. The molecule has 17 heavy (non-hydrogen) atoms. The van der Waals surface area contributed by atoms with E-state index in [2.05, 4.69) is 29.8 Å². The number of rotatable bonds is 5. The van der Waals surface area contributed by atoms with Crippen LogP contribution in [0.15, 0.2) is 18.2 Å². The van der Waals surface area contributed by atoms with Crippen molar-refractivity contribution in [1.82, 2.24) is 0 Å². The lowest BCUT2D eigenvalue weighted by Gasteiger charge is -2.19. The Morgan fingerprint density at radius 1 is 1.47 bits per heavy atom. The molecule has 2 nitrogen and oxygen atoms in total. The third-order valence-electron chi connectivity index (χ3n) is 2.68. The van der Waals surface area contributed by atoms with E-state index in [0.29, 0.717) is 24.2 Å². The molecule has 1 rings (SSSR count). The molecule has 0 radical (unpaired) electrons. The SMILES string of the molecule is CC(C)C(CBr)COc1cccc(F)c1C#N. The average molecular weight is 300 g/mol. The van der Waals surface area contributed by atoms with E-state index < -0.39 is 5.82 Å². The molecule has 0 aromatic heterocycles. The summed E-state index contributed by atoms with van der Waals surface area (Å²) >= 11 is 3.42. The van der Waals surface area contributed by atoms with Gasteiger partial charge >= 0.3 is 0 Å². The molecule has 1 aromatic carbocycles. The first-order chi connectivity index (χ1) is 8.10. The minimum absolute atomic E-state index is 0.0235. The minimum Gasteiger partial charge on any atom is -0.492 e. The normalized spacial score (nSPS) is 12.2. The molecule has 1 unspecified atom stereocenters. The zero-order valence-corrected chi connectivity index (χ0v) is 11.5. The molecule has 0 saturated carbocycles. The number of hydrogen-bond donors (Lipinski definition) is 0. The highest BCUT2D eigenvalue weighted by atomic mass is 79.9. The van der Waals surface area contributed by atoms with E-state index in [0.717, 1.165) is 5.33 Å². The zero-order valence-electron chi connectivity index (χ0n) is 9.91. The molecule has 0 heterocycles. The maximum absolute atomic E-state index is 13.3. The summed E-state index contributed by atoms with van der Waals surface area (Å²) in [4.78, 5) is 0. The number of ether oxygens (including phenoxy) is 1. The van der Waals surface area contributed by atoms with Gasteiger partial charge in [0.1, 0.15) is 23.2 Å². The molecule has 0 saturated heterocycles. The van der Waals surface area contributed by atoms with Gasteiger partial charge in [0.25, 0.3) is 0 Å². The molecule has 0 aliphatic rings. The summed E-state index contributed by atoms with van der Waals surface area (Å²) < 4.78 is 18.8. The van der Waals surface area contributed by atoms with E-state index in [1.807, 2.05) is 6.07 Å². The van der Waals surface area contributed by atoms with Gasteiger partial charge in [-0.3, -0.25) is 0 Å². The highest BCUT2D eigenvalue weighted by Gasteiger charge is 2.15. The van der Waals surface area contributed by atoms with Gasteiger partial charge in [0, 0.05) is 11.2 Å². The fourth-order valence-corrected chi connectivity index (χ4v) is 2.28. The van der Waals surface area contributed by atoms with Crippen LogP contribution in [0.1, 0.15) is 19.4 Å². The maximum atomic E-state index is 13.3. The fraction of sp³-hybridized carbons (Fsp3) is 0.462. The molecule has 92 valence electrons. The summed E-state index contributed by atoms with van der Waals surface area (Å²) in [5.74, 6) is 0.585. The van der Waals surface area contributed by atoms with Crippen molar-refractivity contribution in [2.75, 3.05) is 11.9 Å². The summed E-state index contributed by atoms with van der Waals surface area (Å²) in [6, 6.07) is 6.25. The number of halogens is 2. The van der Waals surface area contributed by atoms with Gasteiger partial charge < -0.3 is 4.74 Å². The van der Waals surface area contributed by atoms with Crippen LogP contribution in [0.3, 0.4) is 0 Å². The summed E-state index contributed by atoms with van der Waals surface area (Å²) in [5.41, 5.74) is -0.0235. The van der Waals surface area contributed by atoms with Crippen LogP contribution in [-0.4, -0.2) is 11.9 Å². The first kappa shape index (κ1) is 14.0. The fourth-order valence-electron chi connectivity index (χ4n) is 1.35. The molecular formula is C13H15BrFNO. The molecule has 1 atom stereocenters. The average Bonchev–Trinajstić information content (AvgIpc) is 2.29. The Hall–Kier alpha value is -1.08. The van der Waals surface area contributed by atoms with E-state index in [4.69, 9.17) is 10.00 Å². The van der Waals surface area contributed by atoms with E-state index in [1.165, 1.54) is 6.07 Å². The van der Waals surface area contributed by atoms with E-state index in [9.17, 15) is 4.39 Å². The van der Waals surface area contributed by atoms with E-state index >= 15 is 0 Å². The first-order valence-electron chi connectivity index (χ1n) is 5.47. The van der Waals surface area contributed by atoms with Gasteiger partial charge in [-0.05, 0) is 18.1 Å². The number of nitrogens with zero attached hydrogens (tertiary/aromatic N) is 1. The first-order valence-corrected chi connectivity index (χ1v) is 6.59. The second-order valence-corrected chi connectivity index (χ2v) is 4.84.